The Balaban J connectivity index is 2.04. The summed E-state index contributed by atoms with van der Waals surface area (Å²) in [7, 11) is 0. The zero-order valence-electron chi connectivity index (χ0n) is 14.0. The molecule has 2 heterocycles. The van der Waals surface area contributed by atoms with Crippen molar-refractivity contribution in [3.8, 4) is 11.3 Å². The maximum atomic E-state index is 13.5. The average Bonchev–Trinajstić information content (AvgIpc) is 2.60. The van der Waals surface area contributed by atoms with Crippen LogP contribution in [0.5, 0.6) is 0 Å². The van der Waals surface area contributed by atoms with Gasteiger partial charge in [0.1, 0.15) is 16.7 Å². The van der Waals surface area contributed by atoms with E-state index in [-0.39, 0.29) is 11.5 Å². The van der Waals surface area contributed by atoms with Gasteiger partial charge in [0.2, 0.25) is 0 Å². The maximum absolute atomic E-state index is 13.5. The number of halogens is 4. The van der Waals surface area contributed by atoms with Gasteiger partial charge in [-0.1, -0.05) is 41.9 Å². The summed E-state index contributed by atoms with van der Waals surface area (Å²) in [4.78, 5) is 8.37. The smallest absolute Gasteiger partial charge is 0.384 e. The van der Waals surface area contributed by atoms with Crippen molar-refractivity contribution in [2.45, 2.75) is 18.1 Å². The van der Waals surface area contributed by atoms with Crippen molar-refractivity contribution in [3.63, 3.8) is 0 Å². The van der Waals surface area contributed by atoms with E-state index in [9.17, 15) is 13.2 Å². The second kappa shape index (κ2) is 7.66. The van der Waals surface area contributed by atoms with Gasteiger partial charge in [0.15, 0.2) is 0 Å². The summed E-state index contributed by atoms with van der Waals surface area (Å²) in [6, 6.07) is 12.8. The average molecular weight is 411 g/mol. The van der Waals surface area contributed by atoms with Crippen molar-refractivity contribution >= 4 is 35.2 Å². The molecule has 0 aliphatic carbocycles. The molecule has 0 aliphatic heterocycles. The monoisotopic (exact) mass is 410 g/mol. The minimum atomic E-state index is -4.62. The largest absolute Gasteiger partial charge is 0.418 e. The predicted molar refractivity (Wildman–Crippen MR) is 103 cm³/mol. The van der Waals surface area contributed by atoms with Crippen LogP contribution >= 0.6 is 23.5 Å². The molecule has 0 radical (unpaired) electrons. The Labute approximate surface area is 163 Å². The van der Waals surface area contributed by atoms with Crippen molar-refractivity contribution in [2.75, 3.05) is 10.5 Å². The number of alkyl halides is 3. The lowest BCUT2D eigenvalue weighted by Crippen LogP contribution is -2.09. The second-order valence-electron chi connectivity index (χ2n) is 5.64. The third-order valence-electron chi connectivity index (χ3n) is 3.67. The molecule has 3 rings (SSSR count). The fourth-order valence-corrected chi connectivity index (χ4v) is 3.31. The lowest BCUT2D eigenvalue weighted by molar-refractivity contribution is -0.137. The number of pyridine rings is 2. The molecule has 0 aliphatic rings. The SMILES string of the molecule is Cc1ccccc1-c1nc(NSc2cccc(N)n2)cc(C(F)(F)F)c1Cl. The van der Waals surface area contributed by atoms with Gasteiger partial charge in [0.25, 0.3) is 0 Å². The van der Waals surface area contributed by atoms with Gasteiger partial charge < -0.3 is 10.5 Å². The van der Waals surface area contributed by atoms with E-state index in [1.807, 2.05) is 0 Å². The number of anilines is 2. The van der Waals surface area contributed by atoms with Crippen LogP contribution in [0.25, 0.3) is 11.3 Å². The Kier molecular flexibility index (Phi) is 5.48. The third-order valence-corrected chi connectivity index (χ3v) is 4.80. The van der Waals surface area contributed by atoms with Gasteiger partial charge in [0, 0.05) is 17.5 Å². The molecule has 9 heteroatoms. The standard InChI is InChI=1S/C18H14ClF3N4S/c1-10-5-2-3-6-11(10)17-16(19)12(18(20,21)22)9-14(25-17)26-27-15-8-4-7-13(23)24-15/h2-9H,1H3,(H2,23,24)(H,25,26). The summed E-state index contributed by atoms with van der Waals surface area (Å²) in [6.07, 6.45) is -4.62. The summed E-state index contributed by atoms with van der Waals surface area (Å²) in [6.45, 7) is 1.78. The van der Waals surface area contributed by atoms with E-state index in [0.29, 0.717) is 16.4 Å². The molecule has 0 fully saturated rings. The maximum Gasteiger partial charge on any atom is 0.418 e. The first-order chi connectivity index (χ1) is 12.8. The Hall–Kier alpha value is -2.45. The van der Waals surface area contributed by atoms with Crippen LogP contribution in [0.1, 0.15) is 11.1 Å². The normalized spacial score (nSPS) is 11.4. The number of nitrogens with one attached hydrogen (secondary N) is 1. The Morgan fingerprint density at radius 1 is 1.07 bits per heavy atom. The molecule has 1 aromatic carbocycles. The van der Waals surface area contributed by atoms with Gasteiger partial charge in [-0.3, -0.25) is 0 Å². The molecule has 0 amide bonds. The van der Waals surface area contributed by atoms with Gasteiger partial charge in [-0.05, 0) is 30.7 Å². The van der Waals surface area contributed by atoms with Gasteiger partial charge in [-0.15, -0.1) is 0 Å². The molecule has 0 atom stereocenters. The van der Waals surface area contributed by atoms with E-state index >= 15 is 0 Å². The summed E-state index contributed by atoms with van der Waals surface area (Å²) in [5, 5.41) is 0.0622. The predicted octanol–water partition coefficient (Wildman–Crippen LogP) is 5.83. The van der Waals surface area contributed by atoms with Crippen molar-refractivity contribution in [2.24, 2.45) is 0 Å². The van der Waals surface area contributed by atoms with Gasteiger partial charge in [-0.2, -0.15) is 13.2 Å². The van der Waals surface area contributed by atoms with E-state index in [4.69, 9.17) is 17.3 Å². The van der Waals surface area contributed by atoms with Gasteiger partial charge in [0.05, 0.1) is 16.3 Å². The van der Waals surface area contributed by atoms with Gasteiger partial charge in [-0.25, -0.2) is 9.97 Å². The summed E-state index contributed by atoms with van der Waals surface area (Å²) in [5.74, 6) is 0.321. The number of benzene rings is 1. The first-order valence-corrected chi connectivity index (χ1v) is 8.94. The Morgan fingerprint density at radius 2 is 1.81 bits per heavy atom. The van der Waals surface area contributed by atoms with Crippen molar-refractivity contribution in [3.05, 3.63) is 64.7 Å². The van der Waals surface area contributed by atoms with Crippen LogP contribution in [-0.2, 0) is 6.18 Å². The minimum Gasteiger partial charge on any atom is -0.384 e. The molecule has 0 saturated carbocycles. The molecule has 3 aromatic rings. The fraction of sp³-hybridized carbons (Fsp3) is 0.111. The first-order valence-electron chi connectivity index (χ1n) is 7.75. The number of hydrogen-bond donors (Lipinski definition) is 2. The molecule has 27 heavy (non-hydrogen) atoms. The quantitative estimate of drug-likeness (QED) is 0.530. The lowest BCUT2D eigenvalue weighted by Gasteiger charge is -2.16. The van der Waals surface area contributed by atoms with Crippen LogP contribution in [0.4, 0.5) is 24.8 Å². The van der Waals surface area contributed by atoms with Crippen LogP contribution in [0.3, 0.4) is 0 Å². The van der Waals surface area contributed by atoms with E-state index < -0.39 is 16.8 Å². The number of aryl methyl sites for hydroxylation is 1. The lowest BCUT2D eigenvalue weighted by atomic mass is 10.0. The number of hydrogen-bond acceptors (Lipinski definition) is 5. The molecule has 0 unspecified atom stereocenters. The summed E-state index contributed by atoms with van der Waals surface area (Å²) < 4.78 is 43.2. The number of nitrogens with zero attached hydrogens (tertiary/aromatic N) is 2. The molecule has 0 saturated heterocycles. The Bertz CT molecular complexity index is 979. The third kappa shape index (κ3) is 4.45. The van der Waals surface area contributed by atoms with Crippen LogP contribution in [0.15, 0.2) is 53.6 Å². The highest BCUT2D eigenvalue weighted by molar-refractivity contribution is 8.00. The van der Waals surface area contributed by atoms with E-state index in [1.54, 1.807) is 49.4 Å². The highest BCUT2D eigenvalue weighted by atomic mass is 35.5. The molecule has 3 N–H and O–H groups in total. The number of rotatable bonds is 4. The minimum absolute atomic E-state index is 0.0132. The molecule has 4 nitrogen and oxygen atoms in total. The van der Waals surface area contributed by atoms with Crippen LogP contribution in [0.2, 0.25) is 5.02 Å². The molecule has 0 spiro atoms. The van der Waals surface area contributed by atoms with E-state index in [2.05, 4.69) is 14.7 Å². The van der Waals surface area contributed by atoms with Crippen LogP contribution in [0, 0.1) is 6.92 Å². The van der Waals surface area contributed by atoms with E-state index in [1.165, 1.54) is 0 Å². The number of aromatic nitrogens is 2. The summed E-state index contributed by atoms with van der Waals surface area (Å²) >= 11 is 7.07. The van der Waals surface area contributed by atoms with Gasteiger partial charge >= 0.3 is 6.18 Å². The van der Waals surface area contributed by atoms with E-state index in [0.717, 1.165) is 23.6 Å². The first kappa shape index (κ1) is 19.3. The van der Waals surface area contributed by atoms with Crippen LogP contribution in [-0.4, -0.2) is 9.97 Å². The van der Waals surface area contributed by atoms with Crippen molar-refractivity contribution in [1.82, 2.24) is 9.97 Å². The fourth-order valence-electron chi connectivity index (χ4n) is 2.40. The van der Waals surface area contributed by atoms with Crippen molar-refractivity contribution in [1.29, 1.82) is 0 Å². The molecule has 140 valence electrons. The zero-order chi connectivity index (χ0) is 19.6. The highest BCUT2D eigenvalue weighted by Crippen LogP contribution is 2.41. The molecular formula is C18H14ClF3N4S. The Morgan fingerprint density at radius 3 is 2.48 bits per heavy atom. The van der Waals surface area contributed by atoms with Crippen molar-refractivity contribution < 1.29 is 13.2 Å². The molecule has 2 aromatic heterocycles. The number of nitrogens with two attached hydrogens (primary N) is 1. The highest BCUT2D eigenvalue weighted by Gasteiger charge is 2.35. The molecule has 0 bridgehead atoms. The van der Waals surface area contributed by atoms with Crippen LogP contribution < -0.4 is 10.5 Å². The number of nitrogen functional groups attached to an aromatic ring is 1. The topological polar surface area (TPSA) is 63.8 Å². The second-order valence-corrected chi connectivity index (χ2v) is 6.84. The summed E-state index contributed by atoms with van der Waals surface area (Å²) in [5.41, 5.74) is 6.01. The molecular weight excluding hydrogens is 397 g/mol. The zero-order valence-corrected chi connectivity index (χ0v) is 15.6.